The van der Waals surface area contributed by atoms with Crippen molar-refractivity contribution >= 4 is 17.2 Å². The number of amides is 1. The van der Waals surface area contributed by atoms with E-state index in [4.69, 9.17) is 0 Å². The molecule has 98 valence electrons. The fourth-order valence-corrected chi connectivity index (χ4v) is 4.17. The molecule has 2 saturated heterocycles. The van der Waals surface area contributed by atoms with Gasteiger partial charge in [0.25, 0.3) is 5.91 Å². The van der Waals surface area contributed by atoms with Crippen LogP contribution in [0.15, 0.2) is 0 Å². The van der Waals surface area contributed by atoms with Crippen LogP contribution in [0.2, 0.25) is 0 Å². The van der Waals surface area contributed by atoms with Crippen LogP contribution < -0.4 is 5.32 Å². The maximum absolute atomic E-state index is 12.6. The van der Waals surface area contributed by atoms with Crippen molar-refractivity contribution in [3.05, 3.63) is 15.6 Å². The third-order valence-corrected chi connectivity index (χ3v) is 5.35. The lowest BCUT2D eigenvalue weighted by Crippen LogP contribution is -2.38. The van der Waals surface area contributed by atoms with Gasteiger partial charge in [0.1, 0.15) is 4.88 Å². The van der Waals surface area contributed by atoms with Gasteiger partial charge in [0, 0.05) is 25.7 Å². The maximum atomic E-state index is 12.6. The predicted octanol–water partition coefficient (Wildman–Crippen LogP) is 1.44. The number of rotatable bonds is 1. The number of carbonyl (C=O) groups excluding carboxylic acids is 1. The monoisotopic (exact) mass is 265 g/mol. The third kappa shape index (κ3) is 1.77. The van der Waals surface area contributed by atoms with Gasteiger partial charge in [-0.25, -0.2) is 4.98 Å². The molecule has 2 fully saturated rings. The van der Waals surface area contributed by atoms with E-state index in [9.17, 15) is 4.79 Å². The van der Waals surface area contributed by atoms with Gasteiger partial charge in [-0.1, -0.05) is 0 Å². The molecule has 1 aromatic heterocycles. The molecule has 5 heteroatoms. The number of carbonyl (C=O) groups is 1. The summed E-state index contributed by atoms with van der Waals surface area (Å²) in [4.78, 5) is 19.8. The summed E-state index contributed by atoms with van der Waals surface area (Å²) >= 11 is 1.52. The smallest absolute Gasteiger partial charge is 0.266 e. The highest BCUT2D eigenvalue weighted by molar-refractivity contribution is 7.13. The molecule has 2 aliphatic heterocycles. The van der Waals surface area contributed by atoms with E-state index in [0.29, 0.717) is 17.9 Å². The SMILES string of the molecule is Cc1nc(C)c(C(=O)N2CC3CNCC3C2C)s1. The lowest BCUT2D eigenvalue weighted by atomic mass is 9.95. The van der Waals surface area contributed by atoms with Crippen LogP contribution in [0.25, 0.3) is 0 Å². The van der Waals surface area contributed by atoms with Gasteiger partial charge in [-0.15, -0.1) is 11.3 Å². The van der Waals surface area contributed by atoms with Crippen molar-refractivity contribution in [2.75, 3.05) is 19.6 Å². The number of aromatic nitrogens is 1. The van der Waals surface area contributed by atoms with E-state index >= 15 is 0 Å². The Labute approximate surface area is 111 Å². The van der Waals surface area contributed by atoms with Crippen LogP contribution in [0.1, 0.15) is 27.3 Å². The largest absolute Gasteiger partial charge is 0.335 e. The Hall–Kier alpha value is -0.940. The van der Waals surface area contributed by atoms with Crippen molar-refractivity contribution in [3.8, 4) is 0 Å². The average Bonchev–Trinajstić information content (AvgIpc) is 2.96. The second-order valence-corrected chi connectivity index (χ2v) is 6.63. The average molecular weight is 265 g/mol. The van der Waals surface area contributed by atoms with E-state index in [1.807, 2.05) is 13.8 Å². The molecular formula is C13H19N3OS. The highest BCUT2D eigenvalue weighted by Gasteiger charge is 2.44. The Kier molecular flexibility index (Phi) is 2.90. The number of hydrogen-bond donors (Lipinski definition) is 1. The summed E-state index contributed by atoms with van der Waals surface area (Å²) < 4.78 is 0. The molecule has 2 aliphatic rings. The number of nitrogens with one attached hydrogen (secondary N) is 1. The van der Waals surface area contributed by atoms with Crippen molar-refractivity contribution in [2.45, 2.75) is 26.8 Å². The van der Waals surface area contributed by atoms with Gasteiger partial charge in [-0.05, 0) is 32.6 Å². The lowest BCUT2D eigenvalue weighted by molar-refractivity contribution is 0.0732. The van der Waals surface area contributed by atoms with E-state index < -0.39 is 0 Å². The summed E-state index contributed by atoms with van der Waals surface area (Å²) in [5, 5.41) is 4.40. The molecule has 0 bridgehead atoms. The first-order valence-electron chi connectivity index (χ1n) is 6.53. The van der Waals surface area contributed by atoms with Gasteiger partial charge in [0.15, 0.2) is 0 Å². The van der Waals surface area contributed by atoms with Crippen LogP contribution in [-0.2, 0) is 0 Å². The molecule has 3 unspecified atom stereocenters. The highest BCUT2D eigenvalue weighted by Crippen LogP contribution is 2.34. The summed E-state index contributed by atoms with van der Waals surface area (Å²) in [5.74, 6) is 1.45. The Morgan fingerprint density at radius 1 is 1.44 bits per heavy atom. The van der Waals surface area contributed by atoms with Gasteiger partial charge in [-0.2, -0.15) is 0 Å². The molecule has 1 amide bonds. The second-order valence-electron chi connectivity index (χ2n) is 5.43. The first-order valence-corrected chi connectivity index (χ1v) is 7.35. The van der Waals surface area contributed by atoms with E-state index in [-0.39, 0.29) is 5.91 Å². The molecule has 3 heterocycles. The zero-order valence-corrected chi connectivity index (χ0v) is 11.9. The van der Waals surface area contributed by atoms with Crippen molar-refractivity contribution in [3.63, 3.8) is 0 Å². The van der Waals surface area contributed by atoms with Crippen molar-refractivity contribution in [1.82, 2.24) is 15.2 Å². The standard InChI is InChI=1S/C13H19N3OS/c1-7-12(18-9(3)15-7)13(17)16-6-10-4-14-5-11(10)8(16)2/h8,10-11,14H,4-6H2,1-3H3. The van der Waals surface area contributed by atoms with Gasteiger partial charge in [0.2, 0.25) is 0 Å². The van der Waals surface area contributed by atoms with E-state index in [0.717, 1.165) is 35.2 Å². The zero-order chi connectivity index (χ0) is 12.9. The number of likely N-dealkylation sites (tertiary alicyclic amines) is 1. The summed E-state index contributed by atoms with van der Waals surface area (Å²) in [6.07, 6.45) is 0. The molecule has 4 nitrogen and oxygen atoms in total. The van der Waals surface area contributed by atoms with Crippen LogP contribution >= 0.6 is 11.3 Å². The van der Waals surface area contributed by atoms with Crippen LogP contribution in [0.3, 0.4) is 0 Å². The van der Waals surface area contributed by atoms with Gasteiger partial charge < -0.3 is 10.2 Å². The molecular weight excluding hydrogens is 246 g/mol. The predicted molar refractivity (Wildman–Crippen MR) is 71.9 cm³/mol. The Morgan fingerprint density at radius 3 is 2.83 bits per heavy atom. The number of hydrogen-bond acceptors (Lipinski definition) is 4. The van der Waals surface area contributed by atoms with Crippen LogP contribution in [0, 0.1) is 25.7 Å². The second kappa shape index (κ2) is 4.31. The minimum absolute atomic E-state index is 0.181. The Bertz CT molecular complexity index is 485. The fraction of sp³-hybridized carbons (Fsp3) is 0.692. The van der Waals surface area contributed by atoms with Gasteiger partial charge in [0.05, 0.1) is 10.7 Å². The number of nitrogens with zero attached hydrogens (tertiary/aromatic N) is 2. The minimum Gasteiger partial charge on any atom is -0.335 e. The molecule has 0 aliphatic carbocycles. The molecule has 18 heavy (non-hydrogen) atoms. The maximum Gasteiger partial charge on any atom is 0.266 e. The van der Waals surface area contributed by atoms with Crippen LogP contribution in [-0.4, -0.2) is 41.5 Å². The number of thiazole rings is 1. The quantitative estimate of drug-likeness (QED) is 0.835. The van der Waals surface area contributed by atoms with Crippen molar-refractivity contribution in [1.29, 1.82) is 0 Å². The summed E-state index contributed by atoms with van der Waals surface area (Å²) in [5.41, 5.74) is 0.880. The summed E-state index contributed by atoms with van der Waals surface area (Å²) in [6, 6.07) is 0.347. The molecule has 1 N–H and O–H groups in total. The van der Waals surface area contributed by atoms with Gasteiger partial charge in [-0.3, -0.25) is 4.79 Å². The van der Waals surface area contributed by atoms with Crippen molar-refractivity contribution in [2.24, 2.45) is 11.8 Å². The normalized spacial score (nSPS) is 30.8. The third-order valence-electron chi connectivity index (χ3n) is 4.29. The molecule has 1 aromatic rings. The first kappa shape index (κ1) is 12.1. The molecule has 0 radical (unpaired) electrons. The Balaban J connectivity index is 1.83. The molecule has 3 atom stereocenters. The molecule has 0 aromatic carbocycles. The Morgan fingerprint density at radius 2 is 2.22 bits per heavy atom. The van der Waals surface area contributed by atoms with E-state index in [1.165, 1.54) is 11.3 Å². The lowest BCUT2D eigenvalue weighted by Gasteiger charge is -2.24. The van der Waals surface area contributed by atoms with Crippen LogP contribution in [0.4, 0.5) is 0 Å². The number of fused-ring (bicyclic) bond motifs is 1. The topological polar surface area (TPSA) is 45.2 Å². The molecule has 3 rings (SSSR count). The van der Waals surface area contributed by atoms with Gasteiger partial charge >= 0.3 is 0 Å². The zero-order valence-electron chi connectivity index (χ0n) is 11.1. The van der Waals surface area contributed by atoms with Crippen molar-refractivity contribution < 1.29 is 4.79 Å². The fourth-order valence-electron chi connectivity index (χ4n) is 3.30. The summed E-state index contributed by atoms with van der Waals surface area (Å²) in [6.45, 7) is 9.07. The van der Waals surface area contributed by atoms with E-state index in [2.05, 4.69) is 22.1 Å². The molecule has 0 saturated carbocycles. The van der Waals surface area contributed by atoms with E-state index in [1.54, 1.807) is 0 Å². The minimum atomic E-state index is 0.181. The highest BCUT2D eigenvalue weighted by atomic mass is 32.1. The first-order chi connectivity index (χ1) is 8.58. The van der Waals surface area contributed by atoms with Crippen LogP contribution in [0.5, 0.6) is 0 Å². The summed E-state index contributed by atoms with van der Waals surface area (Å²) in [7, 11) is 0. The number of aryl methyl sites for hydroxylation is 2. The molecule has 0 spiro atoms.